The zero-order valence-electron chi connectivity index (χ0n) is 12.3. The van der Waals surface area contributed by atoms with Gasteiger partial charge in [-0.15, -0.1) is 0 Å². The maximum Gasteiger partial charge on any atom is 0.326 e. The Kier molecular flexibility index (Phi) is 3.92. The van der Waals surface area contributed by atoms with Crippen LogP contribution < -0.4 is 4.90 Å². The summed E-state index contributed by atoms with van der Waals surface area (Å²) in [6.07, 6.45) is 1.31. The molecule has 1 aromatic heterocycles. The molecule has 0 bridgehead atoms. The van der Waals surface area contributed by atoms with E-state index >= 15 is 0 Å². The molecular weight excluding hydrogens is 298 g/mol. The average Bonchev–Trinajstić information content (AvgIpc) is 3.05. The molecule has 0 spiro atoms. The van der Waals surface area contributed by atoms with E-state index < -0.39 is 16.9 Å². The number of carboxylic acid groups (broad SMARTS) is 1. The highest BCUT2D eigenvalue weighted by Crippen LogP contribution is 2.32. The van der Waals surface area contributed by atoms with Gasteiger partial charge in [0, 0.05) is 18.2 Å². The lowest BCUT2D eigenvalue weighted by molar-refractivity contribution is -0.384. The molecule has 1 aliphatic rings. The van der Waals surface area contributed by atoms with E-state index in [1.807, 2.05) is 6.07 Å². The topological polar surface area (TPSA) is 96.6 Å². The number of aromatic nitrogens is 1. The van der Waals surface area contributed by atoms with E-state index in [0.29, 0.717) is 24.3 Å². The predicted molar refractivity (Wildman–Crippen MR) is 84.3 cm³/mol. The molecule has 2 aromatic rings. The maximum atomic E-state index is 11.3. The number of pyridine rings is 1. The van der Waals surface area contributed by atoms with Gasteiger partial charge in [-0.25, -0.2) is 9.78 Å². The summed E-state index contributed by atoms with van der Waals surface area (Å²) in [6, 6.07) is 11.2. The predicted octanol–water partition coefficient (Wildman–Crippen LogP) is 2.71. The van der Waals surface area contributed by atoms with Gasteiger partial charge in [0.05, 0.1) is 4.92 Å². The van der Waals surface area contributed by atoms with Gasteiger partial charge in [0.1, 0.15) is 11.9 Å². The highest BCUT2D eigenvalue weighted by atomic mass is 16.6. The second-order valence-electron chi connectivity index (χ2n) is 5.35. The van der Waals surface area contributed by atoms with Crippen molar-refractivity contribution in [1.82, 2.24) is 4.98 Å². The zero-order chi connectivity index (χ0) is 16.4. The Labute approximate surface area is 132 Å². The molecule has 3 rings (SSSR count). The molecule has 1 unspecified atom stereocenters. The molecule has 0 saturated carbocycles. The van der Waals surface area contributed by atoms with Crippen LogP contribution in [0.5, 0.6) is 0 Å². The second kappa shape index (κ2) is 6.04. The van der Waals surface area contributed by atoms with E-state index in [-0.39, 0.29) is 11.4 Å². The van der Waals surface area contributed by atoms with Gasteiger partial charge in [0.15, 0.2) is 5.69 Å². The summed E-state index contributed by atoms with van der Waals surface area (Å²) in [7, 11) is 0. The highest BCUT2D eigenvalue weighted by molar-refractivity contribution is 5.79. The van der Waals surface area contributed by atoms with Crippen LogP contribution in [-0.2, 0) is 4.79 Å². The van der Waals surface area contributed by atoms with Crippen LogP contribution in [0.2, 0.25) is 0 Å². The van der Waals surface area contributed by atoms with Crippen LogP contribution in [0.3, 0.4) is 0 Å². The summed E-state index contributed by atoms with van der Waals surface area (Å²) in [6.45, 7) is 0.579. The zero-order valence-corrected chi connectivity index (χ0v) is 12.3. The lowest BCUT2D eigenvalue weighted by Gasteiger charge is -2.22. The SMILES string of the molecule is O=C(O)C1CCCN1c1ccc([N+](=O)[O-])c(-c2ccccc2)n1. The number of aliphatic carboxylic acids is 1. The lowest BCUT2D eigenvalue weighted by atomic mass is 10.1. The van der Waals surface area contributed by atoms with E-state index in [2.05, 4.69) is 4.98 Å². The Morgan fingerprint density at radius 1 is 1.26 bits per heavy atom. The largest absolute Gasteiger partial charge is 0.480 e. The highest BCUT2D eigenvalue weighted by Gasteiger charge is 2.32. The Hall–Kier alpha value is -2.96. The summed E-state index contributed by atoms with van der Waals surface area (Å²) in [4.78, 5) is 28.2. The minimum absolute atomic E-state index is 0.0916. The molecule has 1 aliphatic heterocycles. The number of benzene rings is 1. The van der Waals surface area contributed by atoms with Crippen LogP contribution in [0, 0.1) is 10.1 Å². The molecular formula is C16H15N3O4. The summed E-state index contributed by atoms with van der Waals surface area (Å²) in [5, 5.41) is 20.6. The third-order valence-corrected chi connectivity index (χ3v) is 3.94. The molecule has 1 fully saturated rings. The molecule has 1 N–H and O–H groups in total. The molecule has 1 aromatic carbocycles. The maximum absolute atomic E-state index is 11.3. The van der Waals surface area contributed by atoms with Crippen molar-refractivity contribution < 1.29 is 14.8 Å². The van der Waals surface area contributed by atoms with Crippen LogP contribution >= 0.6 is 0 Å². The van der Waals surface area contributed by atoms with E-state index in [0.717, 1.165) is 6.42 Å². The summed E-state index contributed by atoms with van der Waals surface area (Å²) >= 11 is 0. The first-order chi connectivity index (χ1) is 11.1. The number of hydrogen-bond donors (Lipinski definition) is 1. The van der Waals surface area contributed by atoms with Crippen molar-refractivity contribution in [2.45, 2.75) is 18.9 Å². The smallest absolute Gasteiger partial charge is 0.326 e. The number of carboxylic acids is 1. The summed E-state index contributed by atoms with van der Waals surface area (Å²) in [5.74, 6) is -0.441. The number of rotatable bonds is 4. The van der Waals surface area contributed by atoms with Crippen molar-refractivity contribution in [2.75, 3.05) is 11.4 Å². The van der Waals surface area contributed by atoms with E-state index in [4.69, 9.17) is 0 Å². The number of carbonyl (C=O) groups is 1. The van der Waals surface area contributed by atoms with Crippen LogP contribution in [0.25, 0.3) is 11.3 Å². The third kappa shape index (κ3) is 2.85. The van der Waals surface area contributed by atoms with Crippen LogP contribution in [0.15, 0.2) is 42.5 Å². The summed E-state index contributed by atoms with van der Waals surface area (Å²) in [5.41, 5.74) is 0.794. The van der Waals surface area contributed by atoms with E-state index in [9.17, 15) is 20.0 Å². The molecule has 7 nitrogen and oxygen atoms in total. The lowest BCUT2D eigenvalue weighted by Crippen LogP contribution is -2.36. The molecule has 7 heteroatoms. The molecule has 23 heavy (non-hydrogen) atoms. The fourth-order valence-electron chi connectivity index (χ4n) is 2.85. The van der Waals surface area contributed by atoms with Crippen LogP contribution in [-0.4, -0.2) is 33.6 Å². The fraction of sp³-hybridized carbons (Fsp3) is 0.250. The van der Waals surface area contributed by atoms with Crippen LogP contribution in [0.4, 0.5) is 11.5 Å². The van der Waals surface area contributed by atoms with Crippen molar-refractivity contribution in [1.29, 1.82) is 0 Å². The minimum Gasteiger partial charge on any atom is -0.480 e. The number of nitrogens with zero attached hydrogens (tertiary/aromatic N) is 3. The second-order valence-corrected chi connectivity index (χ2v) is 5.35. The van der Waals surface area contributed by atoms with Crippen molar-refractivity contribution >= 4 is 17.5 Å². The molecule has 2 heterocycles. The van der Waals surface area contributed by atoms with Gasteiger partial charge in [-0.1, -0.05) is 30.3 Å². The van der Waals surface area contributed by atoms with Crippen molar-refractivity contribution in [3.8, 4) is 11.3 Å². The minimum atomic E-state index is -0.899. The van der Waals surface area contributed by atoms with Gasteiger partial charge in [0.2, 0.25) is 0 Å². The van der Waals surface area contributed by atoms with Crippen molar-refractivity contribution in [2.24, 2.45) is 0 Å². The molecule has 118 valence electrons. The number of nitro groups is 1. The molecule has 0 aliphatic carbocycles. The van der Waals surface area contributed by atoms with E-state index in [1.54, 1.807) is 29.2 Å². The van der Waals surface area contributed by atoms with Gasteiger partial charge >= 0.3 is 5.97 Å². The van der Waals surface area contributed by atoms with Gasteiger partial charge in [-0.3, -0.25) is 10.1 Å². The Balaban J connectivity index is 2.07. The quantitative estimate of drug-likeness (QED) is 0.688. The first kappa shape index (κ1) is 15.0. The first-order valence-electron chi connectivity index (χ1n) is 7.28. The fourth-order valence-corrected chi connectivity index (χ4v) is 2.85. The van der Waals surface area contributed by atoms with Crippen molar-refractivity contribution in [3.63, 3.8) is 0 Å². The molecule has 0 amide bonds. The van der Waals surface area contributed by atoms with Gasteiger partial charge in [-0.2, -0.15) is 0 Å². The molecule has 1 saturated heterocycles. The Bertz CT molecular complexity index is 748. The number of anilines is 1. The van der Waals surface area contributed by atoms with Crippen LogP contribution in [0.1, 0.15) is 12.8 Å². The van der Waals surface area contributed by atoms with Gasteiger partial charge < -0.3 is 10.0 Å². The van der Waals surface area contributed by atoms with Gasteiger partial charge in [0.25, 0.3) is 5.69 Å². The average molecular weight is 313 g/mol. The molecule has 0 radical (unpaired) electrons. The first-order valence-corrected chi connectivity index (χ1v) is 7.28. The Morgan fingerprint density at radius 3 is 2.65 bits per heavy atom. The normalized spacial score (nSPS) is 17.2. The standard InChI is InChI=1S/C16H15N3O4/c20-16(21)13-7-4-10-18(13)14-9-8-12(19(22)23)15(17-14)11-5-2-1-3-6-11/h1-3,5-6,8-9,13H,4,7,10H2,(H,20,21). The summed E-state index contributed by atoms with van der Waals surface area (Å²) < 4.78 is 0. The number of hydrogen-bond acceptors (Lipinski definition) is 5. The van der Waals surface area contributed by atoms with Crippen molar-refractivity contribution in [3.05, 3.63) is 52.6 Å². The molecule has 1 atom stereocenters. The monoisotopic (exact) mass is 313 g/mol. The Morgan fingerprint density at radius 2 is 2.00 bits per heavy atom. The van der Waals surface area contributed by atoms with Gasteiger partial charge in [-0.05, 0) is 18.9 Å². The van der Waals surface area contributed by atoms with E-state index in [1.165, 1.54) is 12.1 Å². The third-order valence-electron chi connectivity index (χ3n) is 3.94.